The van der Waals surface area contributed by atoms with Crippen LogP contribution in [0.25, 0.3) is 22.2 Å². The van der Waals surface area contributed by atoms with Crippen molar-refractivity contribution < 1.29 is 14.6 Å². The zero-order valence-corrected chi connectivity index (χ0v) is 17.3. The van der Waals surface area contributed by atoms with E-state index in [9.17, 15) is 9.90 Å². The normalized spacial score (nSPS) is 11.1. The molecule has 0 atom stereocenters. The number of phenols is 1. The maximum absolute atomic E-state index is 12.0. The van der Waals surface area contributed by atoms with E-state index in [0.29, 0.717) is 0 Å². The number of ether oxygens (including phenoxy) is 1. The lowest BCUT2D eigenvalue weighted by atomic mass is 10.0. The van der Waals surface area contributed by atoms with E-state index in [2.05, 4.69) is 31.1 Å². The molecule has 4 nitrogen and oxygen atoms in total. The number of esters is 1. The first-order chi connectivity index (χ1) is 12.7. The molecule has 5 heteroatoms. The number of fused-ring (bicyclic) bond motifs is 1. The molecule has 3 aromatic rings. The van der Waals surface area contributed by atoms with Crippen molar-refractivity contribution in [2.24, 2.45) is 7.05 Å². The van der Waals surface area contributed by atoms with E-state index >= 15 is 0 Å². The quantitative estimate of drug-likeness (QED) is 0.404. The van der Waals surface area contributed by atoms with Gasteiger partial charge in [0.15, 0.2) is 0 Å². The van der Waals surface area contributed by atoms with Crippen LogP contribution >= 0.6 is 0 Å². The number of methoxy groups -OCH3 is 1. The minimum Gasteiger partial charge on any atom is -0.507 e. The van der Waals surface area contributed by atoms with Gasteiger partial charge in [-0.3, -0.25) is 0 Å². The summed E-state index contributed by atoms with van der Waals surface area (Å²) in [5.74, 6) is 2.70. The van der Waals surface area contributed by atoms with Gasteiger partial charge in [-0.2, -0.15) is 0 Å². The summed E-state index contributed by atoms with van der Waals surface area (Å²) in [5, 5.41) is 11.2. The highest BCUT2D eigenvalue weighted by Crippen LogP contribution is 2.36. The Hall–Kier alpha value is -2.97. The van der Waals surface area contributed by atoms with Crippen LogP contribution in [0.1, 0.15) is 15.9 Å². The molecule has 0 amide bonds. The Labute approximate surface area is 160 Å². The van der Waals surface area contributed by atoms with E-state index in [0.717, 1.165) is 27.7 Å². The monoisotopic (exact) mass is 377 g/mol. The largest absolute Gasteiger partial charge is 0.507 e. The van der Waals surface area contributed by atoms with Gasteiger partial charge in [0.1, 0.15) is 19.4 Å². The van der Waals surface area contributed by atoms with Crippen LogP contribution in [0.2, 0.25) is 19.6 Å². The van der Waals surface area contributed by atoms with Gasteiger partial charge in [-0.05, 0) is 17.7 Å². The molecule has 0 aliphatic carbocycles. The standard InChI is InChI=1S/C22H23NO3Si/c1-23-19-13-18(22(25)26-2)20(24)14-17(19)16(11-12-27(3,4)5)21(23)15-9-7-6-8-10-15/h6-10,13-14,24H,1-5H3. The number of nitrogens with zero attached hydrogens (tertiary/aromatic N) is 1. The lowest BCUT2D eigenvalue weighted by Gasteiger charge is -2.07. The molecule has 1 aromatic heterocycles. The Kier molecular flexibility index (Phi) is 4.86. The maximum Gasteiger partial charge on any atom is 0.341 e. The first-order valence-corrected chi connectivity index (χ1v) is 12.2. The molecular weight excluding hydrogens is 354 g/mol. The van der Waals surface area contributed by atoms with Crippen molar-refractivity contribution in [1.29, 1.82) is 0 Å². The summed E-state index contributed by atoms with van der Waals surface area (Å²) in [6.07, 6.45) is 0. The Morgan fingerprint density at radius 1 is 1.15 bits per heavy atom. The number of aryl methyl sites for hydroxylation is 1. The summed E-state index contributed by atoms with van der Waals surface area (Å²) in [5.41, 5.74) is 7.27. The van der Waals surface area contributed by atoms with Gasteiger partial charge in [-0.1, -0.05) is 55.9 Å². The van der Waals surface area contributed by atoms with E-state index < -0.39 is 14.0 Å². The molecule has 0 spiro atoms. The third-order valence-electron chi connectivity index (χ3n) is 4.33. The van der Waals surface area contributed by atoms with E-state index in [4.69, 9.17) is 4.74 Å². The van der Waals surface area contributed by atoms with Crippen LogP contribution in [0.4, 0.5) is 0 Å². The average Bonchev–Trinajstić information content (AvgIpc) is 2.90. The number of aromatic hydroxyl groups is 1. The van der Waals surface area contributed by atoms with E-state index in [-0.39, 0.29) is 11.3 Å². The van der Waals surface area contributed by atoms with Gasteiger partial charge in [-0.15, -0.1) is 5.54 Å². The number of aromatic nitrogens is 1. The van der Waals surface area contributed by atoms with E-state index in [1.807, 2.05) is 41.9 Å². The van der Waals surface area contributed by atoms with Crippen molar-refractivity contribution in [2.75, 3.05) is 7.11 Å². The van der Waals surface area contributed by atoms with E-state index in [1.54, 1.807) is 12.1 Å². The molecule has 2 aromatic carbocycles. The van der Waals surface area contributed by atoms with Crippen LogP contribution in [0.3, 0.4) is 0 Å². The Morgan fingerprint density at radius 2 is 1.81 bits per heavy atom. The summed E-state index contributed by atoms with van der Waals surface area (Å²) in [4.78, 5) is 12.0. The number of phenolic OH excluding ortho intramolecular Hbond substituents is 1. The lowest BCUT2D eigenvalue weighted by Crippen LogP contribution is -2.16. The van der Waals surface area contributed by atoms with Crippen LogP contribution < -0.4 is 0 Å². The maximum atomic E-state index is 12.0. The lowest BCUT2D eigenvalue weighted by molar-refractivity contribution is 0.0597. The topological polar surface area (TPSA) is 51.5 Å². The molecule has 3 rings (SSSR count). The van der Waals surface area contributed by atoms with Gasteiger partial charge in [0.25, 0.3) is 0 Å². The number of hydrogen-bond acceptors (Lipinski definition) is 3. The fourth-order valence-corrected chi connectivity index (χ4v) is 3.55. The predicted octanol–water partition coefficient (Wildman–Crippen LogP) is 4.57. The summed E-state index contributed by atoms with van der Waals surface area (Å²) in [6, 6.07) is 13.3. The highest BCUT2D eigenvalue weighted by atomic mass is 28.3. The van der Waals surface area contributed by atoms with Gasteiger partial charge < -0.3 is 14.4 Å². The average molecular weight is 378 g/mol. The summed E-state index contributed by atoms with van der Waals surface area (Å²) in [6.45, 7) is 6.58. The van der Waals surface area contributed by atoms with Crippen LogP contribution in [-0.2, 0) is 11.8 Å². The summed E-state index contributed by atoms with van der Waals surface area (Å²) in [7, 11) is 1.65. The third kappa shape index (κ3) is 3.62. The van der Waals surface area contributed by atoms with Crippen molar-refractivity contribution in [3.63, 3.8) is 0 Å². The number of benzene rings is 2. The molecule has 0 aliphatic rings. The van der Waals surface area contributed by atoms with E-state index in [1.165, 1.54) is 7.11 Å². The molecule has 138 valence electrons. The zero-order chi connectivity index (χ0) is 19.8. The second-order valence-electron chi connectivity index (χ2n) is 7.53. The molecule has 0 aliphatic heterocycles. The first-order valence-electron chi connectivity index (χ1n) is 8.75. The van der Waals surface area contributed by atoms with Crippen LogP contribution in [0.15, 0.2) is 42.5 Å². The van der Waals surface area contributed by atoms with Gasteiger partial charge in [0.2, 0.25) is 0 Å². The molecule has 0 bridgehead atoms. The third-order valence-corrected chi connectivity index (χ3v) is 5.21. The fourth-order valence-electron chi connectivity index (χ4n) is 3.05. The van der Waals surface area contributed by atoms with Crippen molar-refractivity contribution in [3.8, 4) is 28.5 Å². The fraction of sp³-hybridized carbons (Fsp3) is 0.227. The number of rotatable bonds is 2. The predicted molar refractivity (Wildman–Crippen MR) is 112 cm³/mol. The van der Waals surface area contributed by atoms with Crippen LogP contribution in [0.5, 0.6) is 5.75 Å². The zero-order valence-electron chi connectivity index (χ0n) is 16.3. The molecule has 27 heavy (non-hydrogen) atoms. The van der Waals surface area contributed by atoms with Gasteiger partial charge in [0.05, 0.1) is 23.9 Å². The van der Waals surface area contributed by atoms with Gasteiger partial charge in [-0.25, -0.2) is 4.79 Å². The molecule has 0 saturated carbocycles. The van der Waals surface area contributed by atoms with Crippen molar-refractivity contribution >= 4 is 24.9 Å². The molecule has 0 radical (unpaired) electrons. The van der Waals surface area contributed by atoms with Crippen molar-refractivity contribution in [1.82, 2.24) is 4.57 Å². The minimum absolute atomic E-state index is 0.101. The van der Waals surface area contributed by atoms with Crippen LogP contribution in [0, 0.1) is 11.5 Å². The highest BCUT2D eigenvalue weighted by Gasteiger charge is 2.21. The Morgan fingerprint density at radius 3 is 2.41 bits per heavy atom. The Balaban J connectivity index is 2.39. The molecule has 1 heterocycles. The first kappa shape index (κ1) is 18.8. The number of carbonyl (C=O) groups excluding carboxylic acids is 1. The minimum atomic E-state index is -1.60. The van der Waals surface area contributed by atoms with Gasteiger partial charge >= 0.3 is 5.97 Å². The van der Waals surface area contributed by atoms with Crippen LogP contribution in [-0.4, -0.2) is 30.8 Å². The summed E-state index contributed by atoms with van der Waals surface area (Å²) >= 11 is 0. The van der Waals surface area contributed by atoms with Gasteiger partial charge in [0, 0.05) is 12.4 Å². The van der Waals surface area contributed by atoms with Crippen molar-refractivity contribution in [2.45, 2.75) is 19.6 Å². The molecule has 1 N–H and O–H groups in total. The second kappa shape index (κ2) is 6.97. The van der Waals surface area contributed by atoms with Crippen molar-refractivity contribution in [3.05, 3.63) is 53.6 Å². The molecular formula is C22H23NO3Si. The highest BCUT2D eigenvalue weighted by molar-refractivity contribution is 6.83. The second-order valence-corrected chi connectivity index (χ2v) is 12.3. The number of hydrogen-bond donors (Lipinski definition) is 1. The smallest absolute Gasteiger partial charge is 0.341 e. The molecule has 0 saturated heterocycles. The Bertz CT molecular complexity index is 1080. The summed E-state index contributed by atoms with van der Waals surface area (Å²) < 4.78 is 6.81. The number of carbonyl (C=O) groups is 1. The molecule has 0 fully saturated rings. The SMILES string of the molecule is COC(=O)c1cc2c(cc1O)c(C#C[Si](C)(C)C)c(-c1ccccc1)n2C. The molecule has 0 unspecified atom stereocenters.